The minimum atomic E-state index is -0.816. The number of hydrogen-bond donors (Lipinski definition) is 1. The standard InChI is InChI=1S/C10H9BrO2/c11-9-6-2-1-4-8(9)5-3-7-10(12)13/h1-6H,7H2,(H,12,13). The molecule has 0 saturated heterocycles. The molecule has 2 nitrogen and oxygen atoms in total. The van der Waals surface area contributed by atoms with E-state index in [9.17, 15) is 4.79 Å². The fourth-order valence-corrected chi connectivity index (χ4v) is 1.31. The van der Waals surface area contributed by atoms with Gasteiger partial charge in [-0.05, 0) is 11.6 Å². The molecular formula is C10H9BrO2. The molecule has 0 spiro atoms. The molecule has 0 atom stereocenters. The third-order valence-corrected chi connectivity index (χ3v) is 2.22. The van der Waals surface area contributed by atoms with E-state index in [0.717, 1.165) is 10.0 Å². The molecule has 1 rings (SSSR count). The highest BCUT2D eigenvalue weighted by Crippen LogP contribution is 2.17. The lowest BCUT2D eigenvalue weighted by molar-refractivity contribution is -0.135. The molecule has 0 aromatic heterocycles. The second-order valence-electron chi connectivity index (χ2n) is 2.52. The van der Waals surface area contributed by atoms with Crippen LogP contribution < -0.4 is 0 Å². The number of carbonyl (C=O) groups is 1. The molecule has 0 fully saturated rings. The quantitative estimate of drug-likeness (QED) is 0.883. The minimum absolute atomic E-state index is 0.0569. The first-order valence-corrected chi connectivity index (χ1v) is 4.62. The van der Waals surface area contributed by atoms with Crippen molar-refractivity contribution in [1.29, 1.82) is 0 Å². The van der Waals surface area contributed by atoms with Crippen molar-refractivity contribution in [2.75, 3.05) is 0 Å². The molecule has 1 N–H and O–H groups in total. The van der Waals surface area contributed by atoms with Gasteiger partial charge in [0.15, 0.2) is 0 Å². The van der Waals surface area contributed by atoms with E-state index in [1.165, 1.54) is 0 Å². The molecule has 0 radical (unpaired) electrons. The second-order valence-corrected chi connectivity index (χ2v) is 3.38. The van der Waals surface area contributed by atoms with E-state index in [2.05, 4.69) is 15.9 Å². The van der Waals surface area contributed by atoms with Crippen LogP contribution in [-0.4, -0.2) is 11.1 Å². The Bertz CT molecular complexity index is 331. The van der Waals surface area contributed by atoms with Crippen molar-refractivity contribution in [1.82, 2.24) is 0 Å². The van der Waals surface area contributed by atoms with E-state index in [0.29, 0.717) is 0 Å². The van der Waals surface area contributed by atoms with Crippen molar-refractivity contribution < 1.29 is 9.90 Å². The predicted octanol–water partition coefficient (Wildman–Crippen LogP) is 2.94. The Labute approximate surface area is 85.0 Å². The van der Waals surface area contributed by atoms with Crippen LogP contribution in [0.2, 0.25) is 0 Å². The van der Waals surface area contributed by atoms with E-state index in [1.807, 2.05) is 24.3 Å². The van der Waals surface area contributed by atoms with Gasteiger partial charge in [0.1, 0.15) is 0 Å². The maximum atomic E-state index is 10.2. The maximum absolute atomic E-state index is 10.2. The molecule has 0 unspecified atom stereocenters. The average molecular weight is 241 g/mol. The van der Waals surface area contributed by atoms with E-state index in [-0.39, 0.29) is 6.42 Å². The highest BCUT2D eigenvalue weighted by molar-refractivity contribution is 9.10. The molecule has 68 valence electrons. The highest BCUT2D eigenvalue weighted by Gasteiger charge is 1.93. The molecule has 0 amide bonds. The average Bonchev–Trinajstić information content (AvgIpc) is 2.08. The molecule has 0 aliphatic rings. The van der Waals surface area contributed by atoms with Gasteiger partial charge in [0, 0.05) is 4.47 Å². The van der Waals surface area contributed by atoms with Gasteiger partial charge in [-0.2, -0.15) is 0 Å². The van der Waals surface area contributed by atoms with Crippen LogP contribution in [0.15, 0.2) is 34.8 Å². The van der Waals surface area contributed by atoms with Crippen molar-refractivity contribution in [2.24, 2.45) is 0 Å². The van der Waals surface area contributed by atoms with Gasteiger partial charge in [-0.3, -0.25) is 4.79 Å². The number of halogens is 1. The SMILES string of the molecule is O=C(O)CC=Cc1ccccc1Br. The third-order valence-electron chi connectivity index (χ3n) is 1.50. The van der Waals surface area contributed by atoms with E-state index in [1.54, 1.807) is 12.2 Å². The zero-order valence-electron chi connectivity index (χ0n) is 6.90. The van der Waals surface area contributed by atoms with Gasteiger partial charge < -0.3 is 5.11 Å². The lowest BCUT2D eigenvalue weighted by Crippen LogP contribution is -1.89. The highest BCUT2D eigenvalue weighted by atomic mass is 79.9. The van der Waals surface area contributed by atoms with Gasteiger partial charge in [0.05, 0.1) is 6.42 Å². The smallest absolute Gasteiger partial charge is 0.307 e. The van der Waals surface area contributed by atoms with E-state index in [4.69, 9.17) is 5.11 Å². The molecule has 0 saturated carbocycles. The Hall–Kier alpha value is -1.09. The fraction of sp³-hybridized carbons (Fsp3) is 0.100. The largest absolute Gasteiger partial charge is 0.481 e. The lowest BCUT2D eigenvalue weighted by atomic mass is 10.2. The van der Waals surface area contributed by atoms with Gasteiger partial charge in [0.25, 0.3) is 0 Å². The van der Waals surface area contributed by atoms with Gasteiger partial charge in [-0.1, -0.05) is 46.3 Å². The lowest BCUT2D eigenvalue weighted by Gasteiger charge is -1.95. The first-order chi connectivity index (χ1) is 6.20. The van der Waals surface area contributed by atoms with Crippen LogP contribution in [0.25, 0.3) is 6.08 Å². The van der Waals surface area contributed by atoms with E-state index < -0.39 is 5.97 Å². The number of aliphatic carboxylic acids is 1. The maximum Gasteiger partial charge on any atom is 0.307 e. The van der Waals surface area contributed by atoms with Gasteiger partial charge >= 0.3 is 5.97 Å². The number of carboxylic acids is 1. The molecule has 0 aliphatic heterocycles. The van der Waals surface area contributed by atoms with Crippen molar-refractivity contribution >= 4 is 28.0 Å². The Morgan fingerprint density at radius 1 is 1.46 bits per heavy atom. The van der Waals surface area contributed by atoms with Crippen LogP contribution in [0.5, 0.6) is 0 Å². The Kier molecular flexibility index (Phi) is 3.71. The summed E-state index contributed by atoms with van der Waals surface area (Å²) in [4.78, 5) is 10.2. The normalized spacial score (nSPS) is 10.5. The first kappa shape index (κ1) is 9.99. The summed E-state index contributed by atoms with van der Waals surface area (Å²) in [5.41, 5.74) is 0.990. The molecule has 0 heterocycles. The van der Waals surface area contributed by atoms with Crippen molar-refractivity contribution in [3.05, 3.63) is 40.4 Å². The number of benzene rings is 1. The third kappa shape index (κ3) is 3.42. The molecular weight excluding hydrogens is 232 g/mol. The molecule has 0 bridgehead atoms. The zero-order valence-corrected chi connectivity index (χ0v) is 8.49. The van der Waals surface area contributed by atoms with E-state index >= 15 is 0 Å². The summed E-state index contributed by atoms with van der Waals surface area (Å²) < 4.78 is 0.969. The summed E-state index contributed by atoms with van der Waals surface area (Å²) in [6, 6.07) is 7.66. The van der Waals surface area contributed by atoms with Crippen LogP contribution in [0, 0.1) is 0 Å². The van der Waals surface area contributed by atoms with Crippen LogP contribution in [0.3, 0.4) is 0 Å². The minimum Gasteiger partial charge on any atom is -0.481 e. The molecule has 13 heavy (non-hydrogen) atoms. The van der Waals surface area contributed by atoms with Crippen LogP contribution in [0.1, 0.15) is 12.0 Å². The van der Waals surface area contributed by atoms with Crippen molar-refractivity contribution in [2.45, 2.75) is 6.42 Å². The van der Waals surface area contributed by atoms with Crippen LogP contribution >= 0.6 is 15.9 Å². The first-order valence-electron chi connectivity index (χ1n) is 3.83. The van der Waals surface area contributed by atoms with Crippen molar-refractivity contribution in [3.8, 4) is 0 Å². The molecule has 0 aliphatic carbocycles. The topological polar surface area (TPSA) is 37.3 Å². The zero-order chi connectivity index (χ0) is 9.68. The summed E-state index contributed by atoms with van der Waals surface area (Å²) in [5.74, 6) is -0.816. The summed E-state index contributed by atoms with van der Waals surface area (Å²) in [5, 5.41) is 8.40. The molecule has 1 aromatic rings. The van der Waals surface area contributed by atoms with Gasteiger partial charge in [-0.25, -0.2) is 0 Å². The fourth-order valence-electron chi connectivity index (χ4n) is 0.897. The summed E-state index contributed by atoms with van der Waals surface area (Å²) in [6.07, 6.45) is 3.47. The number of carboxylic acid groups (broad SMARTS) is 1. The Morgan fingerprint density at radius 2 is 2.15 bits per heavy atom. The molecule has 1 aromatic carbocycles. The second kappa shape index (κ2) is 4.82. The van der Waals surface area contributed by atoms with Gasteiger partial charge in [-0.15, -0.1) is 0 Å². The molecule has 3 heteroatoms. The number of rotatable bonds is 3. The van der Waals surface area contributed by atoms with Crippen molar-refractivity contribution in [3.63, 3.8) is 0 Å². The Morgan fingerprint density at radius 3 is 2.77 bits per heavy atom. The number of hydrogen-bond acceptors (Lipinski definition) is 1. The monoisotopic (exact) mass is 240 g/mol. The Balaban J connectivity index is 2.68. The summed E-state index contributed by atoms with van der Waals surface area (Å²) in [6.45, 7) is 0. The van der Waals surface area contributed by atoms with Crippen LogP contribution in [0.4, 0.5) is 0 Å². The van der Waals surface area contributed by atoms with Crippen LogP contribution in [-0.2, 0) is 4.79 Å². The predicted molar refractivity (Wildman–Crippen MR) is 55.4 cm³/mol. The summed E-state index contributed by atoms with van der Waals surface area (Å²) in [7, 11) is 0. The van der Waals surface area contributed by atoms with Gasteiger partial charge in [0.2, 0.25) is 0 Å². The summed E-state index contributed by atoms with van der Waals surface area (Å²) >= 11 is 3.36.